The van der Waals surface area contributed by atoms with Crippen LogP contribution in [0.1, 0.15) is 17.7 Å². The van der Waals surface area contributed by atoms with E-state index in [-0.39, 0.29) is 31.7 Å². The normalized spacial score (nSPS) is 22.9. The zero-order chi connectivity index (χ0) is 20.5. The number of benzene rings is 1. The summed E-state index contributed by atoms with van der Waals surface area (Å²) in [7, 11) is 0. The lowest BCUT2D eigenvalue weighted by molar-refractivity contribution is -0.157. The van der Waals surface area contributed by atoms with Crippen molar-refractivity contribution in [1.29, 1.82) is 0 Å². The number of carboxylic acid groups (broad SMARTS) is 1. The van der Waals surface area contributed by atoms with Gasteiger partial charge in [0, 0.05) is 13.1 Å². The van der Waals surface area contributed by atoms with Gasteiger partial charge in [-0.2, -0.15) is 13.2 Å². The molecule has 0 saturated carbocycles. The number of carboxylic acids is 1. The maximum Gasteiger partial charge on any atom is 0.433 e. The van der Waals surface area contributed by atoms with E-state index in [4.69, 9.17) is 0 Å². The first-order chi connectivity index (χ1) is 13.1. The fourth-order valence-corrected chi connectivity index (χ4v) is 3.50. The maximum atomic E-state index is 13.5. The van der Waals surface area contributed by atoms with Crippen molar-refractivity contribution in [1.82, 2.24) is 4.98 Å². The van der Waals surface area contributed by atoms with Crippen LogP contribution >= 0.6 is 0 Å². The highest BCUT2D eigenvalue weighted by atomic mass is 19.4. The van der Waals surface area contributed by atoms with Crippen LogP contribution in [0.25, 0.3) is 0 Å². The molecule has 0 amide bonds. The molecule has 1 aromatic heterocycles. The predicted molar refractivity (Wildman–Crippen MR) is 92.2 cm³/mol. The molecular weight excluding hydrogens is 380 g/mol. The van der Waals surface area contributed by atoms with Crippen LogP contribution in [0.2, 0.25) is 0 Å². The monoisotopic (exact) mass is 398 g/mol. The van der Waals surface area contributed by atoms with Crippen molar-refractivity contribution in [2.45, 2.75) is 25.1 Å². The van der Waals surface area contributed by atoms with Gasteiger partial charge >= 0.3 is 12.1 Å². The third-order valence-electron chi connectivity index (χ3n) is 4.97. The average molecular weight is 398 g/mol. The molecule has 0 radical (unpaired) electrons. The summed E-state index contributed by atoms with van der Waals surface area (Å²) in [6, 6.07) is 8.77. The van der Waals surface area contributed by atoms with Crippen LogP contribution in [0.5, 0.6) is 0 Å². The molecule has 0 unspecified atom stereocenters. The van der Waals surface area contributed by atoms with Gasteiger partial charge in [-0.1, -0.05) is 18.2 Å². The summed E-state index contributed by atoms with van der Waals surface area (Å²) in [6.45, 7) is -0.109. The van der Waals surface area contributed by atoms with Gasteiger partial charge in [-0.15, -0.1) is 0 Å². The number of anilines is 1. The molecule has 1 saturated heterocycles. The minimum absolute atomic E-state index is 0.0217. The number of piperidine rings is 1. The van der Waals surface area contributed by atoms with E-state index in [9.17, 15) is 32.6 Å². The number of hydrogen-bond acceptors (Lipinski definition) is 4. The van der Waals surface area contributed by atoms with Crippen LogP contribution in [-0.4, -0.2) is 40.4 Å². The molecule has 2 atom stereocenters. The van der Waals surface area contributed by atoms with Crippen LogP contribution in [0.4, 0.5) is 23.4 Å². The van der Waals surface area contributed by atoms with Gasteiger partial charge in [0.15, 0.2) is 0 Å². The molecule has 1 fully saturated rings. The number of pyridine rings is 1. The second-order valence-electron chi connectivity index (χ2n) is 6.87. The van der Waals surface area contributed by atoms with E-state index in [2.05, 4.69) is 4.98 Å². The Balaban J connectivity index is 1.94. The van der Waals surface area contributed by atoms with E-state index >= 15 is 0 Å². The summed E-state index contributed by atoms with van der Waals surface area (Å²) >= 11 is 0. The van der Waals surface area contributed by atoms with E-state index in [0.717, 1.165) is 6.07 Å². The SMILES string of the molecule is O=C(O)[C@]1(Cc2cccc(F)c2)CN(c2cccc(C(F)(F)F)n2)CC[C@@H]1O. The number of aliphatic hydroxyl groups is 1. The third kappa shape index (κ3) is 3.94. The molecule has 1 aromatic carbocycles. The molecule has 5 nitrogen and oxygen atoms in total. The Morgan fingerprint density at radius 2 is 1.96 bits per heavy atom. The predicted octanol–water partition coefficient (Wildman–Crippen LogP) is 3.12. The van der Waals surface area contributed by atoms with Crippen molar-refractivity contribution in [3.63, 3.8) is 0 Å². The van der Waals surface area contributed by atoms with E-state index in [1.165, 1.54) is 35.2 Å². The molecule has 9 heteroatoms. The van der Waals surface area contributed by atoms with Crippen molar-refractivity contribution >= 4 is 11.8 Å². The fraction of sp³-hybridized carbons (Fsp3) is 0.368. The van der Waals surface area contributed by atoms with E-state index in [0.29, 0.717) is 5.56 Å². The number of carbonyl (C=O) groups is 1. The lowest BCUT2D eigenvalue weighted by atomic mass is 9.73. The lowest BCUT2D eigenvalue weighted by Gasteiger charge is -2.44. The molecule has 28 heavy (non-hydrogen) atoms. The lowest BCUT2D eigenvalue weighted by Crippen LogP contribution is -2.57. The largest absolute Gasteiger partial charge is 0.481 e. The minimum atomic E-state index is -4.63. The van der Waals surface area contributed by atoms with E-state index < -0.39 is 35.2 Å². The molecule has 0 bridgehead atoms. The minimum Gasteiger partial charge on any atom is -0.481 e. The Labute approximate surface area is 158 Å². The molecule has 150 valence electrons. The zero-order valence-corrected chi connectivity index (χ0v) is 14.7. The maximum absolute atomic E-state index is 13.5. The highest BCUT2D eigenvalue weighted by molar-refractivity contribution is 5.77. The molecule has 3 rings (SSSR count). The van der Waals surface area contributed by atoms with Crippen LogP contribution in [-0.2, 0) is 17.4 Å². The first-order valence-corrected chi connectivity index (χ1v) is 8.57. The van der Waals surface area contributed by atoms with Crippen molar-refractivity contribution in [3.8, 4) is 0 Å². The standard InChI is InChI=1S/C19H18F4N2O3/c20-13-4-1-3-12(9-13)10-18(17(27)28)11-25(8-7-15(18)26)16-6-2-5-14(24-16)19(21,22)23/h1-6,9,15,26H,7-8,10-11H2,(H,27,28)/t15-,18+/m0/s1. The van der Waals surface area contributed by atoms with Crippen LogP contribution < -0.4 is 4.90 Å². The van der Waals surface area contributed by atoms with Gasteiger partial charge in [0.1, 0.15) is 22.7 Å². The summed E-state index contributed by atoms with van der Waals surface area (Å²) in [4.78, 5) is 17.1. The first-order valence-electron chi connectivity index (χ1n) is 8.57. The van der Waals surface area contributed by atoms with Crippen LogP contribution in [0, 0.1) is 11.2 Å². The summed E-state index contributed by atoms with van der Waals surface area (Å²) in [5.74, 6) is -1.87. The Morgan fingerprint density at radius 1 is 1.25 bits per heavy atom. The third-order valence-corrected chi connectivity index (χ3v) is 4.97. The van der Waals surface area contributed by atoms with Gasteiger partial charge < -0.3 is 15.1 Å². The number of aromatic nitrogens is 1. The number of aliphatic hydroxyl groups excluding tert-OH is 1. The first kappa shape index (κ1) is 20.1. The Morgan fingerprint density at radius 3 is 2.61 bits per heavy atom. The van der Waals surface area contributed by atoms with Crippen molar-refractivity contribution in [2.24, 2.45) is 5.41 Å². The summed E-state index contributed by atoms with van der Waals surface area (Å²) in [5.41, 5.74) is -2.41. The zero-order valence-electron chi connectivity index (χ0n) is 14.7. The number of aliphatic carboxylic acids is 1. The van der Waals surface area contributed by atoms with Gasteiger partial charge in [-0.25, -0.2) is 9.37 Å². The van der Waals surface area contributed by atoms with Crippen LogP contribution in [0.3, 0.4) is 0 Å². The molecule has 2 aromatic rings. The number of rotatable bonds is 4. The Hall–Kier alpha value is -2.68. The highest BCUT2D eigenvalue weighted by Crippen LogP contribution is 2.37. The second-order valence-corrected chi connectivity index (χ2v) is 6.87. The molecule has 2 heterocycles. The molecule has 2 N–H and O–H groups in total. The van der Waals surface area contributed by atoms with Crippen LogP contribution in [0.15, 0.2) is 42.5 Å². The Bertz CT molecular complexity index is 874. The second kappa shape index (κ2) is 7.38. The van der Waals surface area contributed by atoms with E-state index in [1.807, 2.05) is 0 Å². The number of alkyl halides is 3. The summed E-state index contributed by atoms with van der Waals surface area (Å²) < 4.78 is 52.4. The van der Waals surface area contributed by atoms with Gasteiger partial charge in [-0.05, 0) is 42.7 Å². The molecule has 0 spiro atoms. The molecule has 1 aliphatic rings. The van der Waals surface area contributed by atoms with Gasteiger partial charge in [0.2, 0.25) is 0 Å². The Kier molecular flexibility index (Phi) is 5.29. The molecule has 1 aliphatic heterocycles. The summed E-state index contributed by atoms with van der Waals surface area (Å²) in [5, 5.41) is 20.3. The van der Waals surface area contributed by atoms with E-state index in [1.54, 1.807) is 6.07 Å². The van der Waals surface area contributed by atoms with Gasteiger partial charge in [0.05, 0.1) is 6.10 Å². The van der Waals surface area contributed by atoms with Crippen molar-refractivity contribution < 1.29 is 32.6 Å². The topological polar surface area (TPSA) is 73.7 Å². The quantitative estimate of drug-likeness (QED) is 0.775. The number of halogens is 4. The molecule has 0 aliphatic carbocycles. The van der Waals surface area contributed by atoms with Crippen molar-refractivity contribution in [3.05, 3.63) is 59.5 Å². The highest BCUT2D eigenvalue weighted by Gasteiger charge is 2.49. The summed E-state index contributed by atoms with van der Waals surface area (Å²) in [6.07, 6.45) is -6.01. The average Bonchev–Trinajstić information content (AvgIpc) is 2.63. The number of hydrogen-bond donors (Lipinski definition) is 2. The molecular formula is C19H18F4N2O3. The fourth-order valence-electron chi connectivity index (χ4n) is 3.50. The smallest absolute Gasteiger partial charge is 0.433 e. The number of nitrogens with zero attached hydrogens (tertiary/aromatic N) is 2. The van der Waals surface area contributed by atoms with Crippen molar-refractivity contribution in [2.75, 3.05) is 18.0 Å². The van der Waals surface area contributed by atoms with Gasteiger partial charge in [0.25, 0.3) is 0 Å². The van der Waals surface area contributed by atoms with Gasteiger partial charge in [-0.3, -0.25) is 4.79 Å².